The van der Waals surface area contributed by atoms with E-state index in [1.54, 1.807) is 19.1 Å². The van der Waals surface area contributed by atoms with Crippen molar-refractivity contribution in [1.82, 2.24) is 8.96 Å². The van der Waals surface area contributed by atoms with Gasteiger partial charge >= 0.3 is 5.97 Å². The first-order chi connectivity index (χ1) is 14.8. The summed E-state index contributed by atoms with van der Waals surface area (Å²) in [5, 5.41) is 9.37. The molecular weight excluding hydrogens is 445 g/mol. The van der Waals surface area contributed by atoms with Crippen LogP contribution in [0.2, 0.25) is 5.15 Å². The summed E-state index contributed by atoms with van der Waals surface area (Å²) in [6.45, 7) is 1.66. The Morgan fingerprint density at radius 1 is 1.32 bits per heavy atom. The van der Waals surface area contributed by atoms with Crippen LogP contribution in [0, 0.1) is 17.1 Å². The Kier molecular flexibility index (Phi) is 6.53. The number of carbonyl (C=O) groups is 1. The lowest BCUT2D eigenvalue weighted by molar-refractivity contribution is -0.137. The van der Waals surface area contributed by atoms with Crippen LogP contribution in [0.3, 0.4) is 0 Å². The molecule has 0 aliphatic rings. The van der Waals surface area contributed by atoms with Crippen molar-refractivity contribution in [2.24, 2.45) is 0 Å². The number of nitriles is 1. The minimum atomic E-state index is -4.20. The minimum absolute atomic E-state index is 0.000415. The first-order valence-electron chi connectivity index (χ1n) is 8.91. The van der Waals surface area contributed by atoms with E-state index in [2.05, 4.69) is 4.98 Å². The van der Waals surface area contributed by atoms with Crippen molar-refractivity contribution in [3.05, 3.63) is 77.0 Å². The van der Waals surface area contributed by atoms with E-state index in [4.69, 9.17) is 16.3 Å². The molecule has 7 nitrogen and oxygen atoms in total. The van der Waals surface area contributed by atoms with Gasteiger partial charge in [-0.2, -0.15) is 5.26 Å². The van der Waals surface area contributed by atoms with E-state index in [1.165, 1.54) is 48.7 Å². The molecule has 0 bridgehead atoms. The first-order valence-corrected chi connectivity index (χ1v) is 10.7. The molecule has 2 aromatic heterocycles. The lowest BCUT2D eigenvalue weighted by atomic mass is 10.1. The Balaban J connectivity index is 2.23. The number of hydrogen-bond donors (Lipinski definition) is 0. The van der Waals surface area contributed by atoms with Crippen LogP contribution in [0.4, 0.5) is 4.39 Å². The largest absolute Gasteiger partial charge is 0.462 e. The van der Waals surface area contributed by atoms with Gasteiger partial charge in [0.15, 0.2) is 0 Å². The Morgan fingerprint density at radius 3 is 2.68 bits per heavy atom. The van der Waals surface area contributed by atoms with Gasteiger partial charge in [0.1, 0.15) is 27.5 Å². The van der Waals surface area contributed by atoms with E-state index >= 15 is 0 Å². The number of esters is 1. The molecule has 0 spiro atoms. The molecule has 158 valence electrons. The Bertz CT molecular complexity index is 1310. The second-order valence-corrected chi connectivity index (χ2v) is 8.35. The zero-order valence-corrected chi connectivity index (χ0v) is 17.7. The number of carbonyl (C=O) groups excluding carboxylic acids is 1. The number of rotatable bonds is 6. The standard InChI is InChI=1S/C21H15ClFN3O4S/c1-2-30-21(27)15(11-24)9-14-10-19(17-5-3-4-6-18(17)23)26(13-14)31(28,29)16-7-8-20(22)25-12-16/h3-10,12-13H,2H2,1H3/b15-9+. The summed E-state index contributed by atoms with van der Waals surface area (Å²) in [6.07, 6.45) is 3.44. The summed E-state index contributed by atoms with van der Waals surface area (Å²) in [6, 6.07) is 11.3. The van der Waals surface area contributed by atoms with E-state index in [9.17, 15) is 22.9 Å². The molecule has 0 amide bonds. The fourth-order valence-electron chi connectivity index (χ4n) is 2.75. The molecule has 0 aliphatic carbocycles. The van der Waals surface area contributed by atoms with Crippen molar-refractivity contribution in [3.8, 4) is 17.3 Å². The van der Waals surface area contributed by atoms with Gasteiger partial charge in [-0.25, -0.2) is 26.6 Å². The fourth-order valence-corrected chi connectivity index (χ4v) is 4.18. The summed E-state index contributed by atoms with van der Waals surface area (Å²) >= 11 is 5.74. The highest BCUT2D eigenvalue weighted by Crippen LogP contribution is 2.30. The van der Waals surface area contributed by atoms with Gasteiger partial charge in [-0.15, -0.1) is 0 Å². The third-order valence-electron chi connectivity index (χ3n) is 4.14. The van der Waals surface area contributed by atoms with Crippen LogP contribution in [-0.2, 0) is 19.6 Å². The number of halogens is 2. The van der Waals surface area contributed by atoms with Crippen molar-refractivity contribution < 1.29 is 22.3 Å². The third kappa shape index (κ3) is 4.66. The average Bonchev–Trinajstić information content (AvgIpc) is 3.17. The topological polar surface area (TPSA) is 102 Å². The second kappa shape index (κ2) is 9.12. The van der Waals surface area contributed by atoms with Crippen LogP contribution >= 0.6 is 11.6 Å². The summed E-state index contributed by atoms with van der Waals surface area (Å²) in [7, 11) is -4.20. The Labute approximate surface area is 183 Å². The van der Waals surface area contributed by atoms with E-state index in [-0.39, 0.29) is 39.0 Å². The molecule has 31 heavy (non-hydrogen) atoms. The summed E-state index contributed by atoms with van der Waals surface area (Å²) < 4.78 is 46.6. The van der Waals surface area contributed by atoms with Gasteiger partial charge in [0.2, 0.25) is 0 Å². The van der Waals surface area contributed by atoms with Crippen molar-refractivity contribution >= 4 is 33.7 Å². The number of benzene rings is 1. The molecule has 0 N–H and O–H groups in total. The maximum atomic E-state index is 14.5. The number of ether oxygens (including phenoxy) is 1. The SMILES string of the molecule is CCOC(=O)/C(C#N)=C/c1cc(-c2ccccc2F)n(S(=O)(=O)c2ccc(Cl)nc2)c1. The normalized spacial score (nSPS) is 11.7. The summed E-state index contributed by atoms with van der Waals surface area (Å²) in [5.41, 5.74) is -0.124. The maximum absolute atomic E-state index is 14.5. The molecule has 0 aliphatic heterocycles. The molecule has 3 aromatic rings. The van der Waals surface area contributed by atoms with Gasteiger partial charge < -0.3 is 4.74 Å². The molecule has 0 saturated heterocycles. The van der Waals surface area contributed by atoms with Crippen LogP contribution in [0.15, 0.2) is 65.3 Å². The van der Waals surface area contributed by atoms with Gasteiger partial charge in [-0.05, 0) is 48.9 Å². The molecule has 0 atom stereocenters. The number of pyridine rings is 1. The van der Waals surface area contributed by atoms with Gasteiger partial charge in [0.25, 0.3) is 10.0 Å². The highest BCUT2D eigenvalue weighted by molar-refractivity contribution is 7.90. The van der Waals surface area contributed by atoms with Crippen LogP contribution in [0.25, 0.3) is 17.3 Å². The van der Waals surface area contributed by atoms with Gasteiger partial charge in [-0.3, -0.25) is 0 Å². The number of nitrogens with zero attached hydrogens (tertiary/aromatic N) is 3. The lowest BCUT2D eigenvalue weighted by Crippen LogP contribution is -2.13. The smallest absolute Gasteiger partial charge is 0.348 e. The summed E-state index contributed by atoms with van der Waals surface area (Å²) in [5.74, 6) is -1.50. The van der Waals surface area contributed by atoms with Crippen molar-refractivity contribution in [1.29, 1.82) is 5.26 Å². The Hall–Kier alpha value is -3.48. The maximum Gasteiger partial charge on any atom is 0.348 e. The number of aromatic nitrogens is 2. The molecule has 2 heterocycles. The third-order valence-corrected chi connectivity index (χ3v) is 6.02. The van der Waals surface area contributed by atoms with Crippen LogP contribution < -0.4 is 0 Å². The molecule has 0 fully saturated rings. The van der Waals surface area contributed by atoms with Crippen molar-refractivity contribution in [2.45, 2.75) is 11.8 Å². The zero-order valence-electron chi connectivity index (χ0n) is 16.1. The fraction of sp³-hybridized carbons (Fsp3) is 0.0952. The first kappa shape index (κ1) is 22.2. The Morgan fingerprint density at radius 2 is 2.06 bits per heavy atom. The predicted molar refractivity (Wildman–Crippen MR) is 112 cm³/mol. The molecular formula is C21H15ClFN3O4S. The molecule has 0 unspecified atom stereocenters. The van der Waals surface area contributed by atoms with Crippen molar-refractivity contribution in [3.63, 3.8) is 0 Å². The lowest BCUT2D eigenvalue weighted by Gasteiger charge is -2.11. The second-order valence-electron chi connectivity index (χ2n) is 6.15. The molecule has 10 heteroatoms. The monoisotopic (exact) mass is 459 g/mol. The van der Waals surface area contributed by atoms with Crippen molar-refractivity contribution in [2.75, 3.05) is 6.61 Å². The zero-order chi connectivity index (χ0) is 22.6. The van der Waals surface area contributed by atoms with E-state index < -0.39 is 21.8 Å². The molecule has 0 radical (unpaired) electrons. The molecule has 3 rings (SSSR count). The van der Waals surface area contributed by atoms with E-state index in [0.717, 1.165) is 10.2 Å². The van der Waals surface area contributed by atoms with Crippen LogP contribution in [0.5, 0.6) is 0 Å². The predicted octanol–water partition coefficient (Wildman–Crippen LogP) is 4.05. The quantitative estimate of drug-likeness (QED) is 0.238. The van der Waals surface area contributed by atoms with E-state index in [0.29, 0.717) is 0 Å². The molecule has 0 saturated carbocycles. The van der Waals surface area contributed by atoms with Gasteiger partial charge in [-0.1, -0.05) is 23.7 Å². The van der Waals surface area contributed by atoms with Gasteiger partial charge in [0.05, 0.1) is 12.3 Å². The summed E-state index contributed by atoms with van der Waals surface area (Å²) in [4.78, 5) is 15.5. The highest BCUT2D eigenvalue weighted by Gasteiger charge is 2.24. The highest BCUT2D eigenvalue weighted by atomic mass is 35.5. The van der Waals surface area contributed by atoms with Crippen LogP contribution in [0.1, 0.15) is 12.5 Å². The van der Waals surface area contributed by atoms with E-state index in [1.807, 2.05) is 0 Å². The van der Waals surface area contributed by atoms with Gasteiger partial charge in [0, 0.05) is 18.0 Å². The minimum Gasteiger partial charge on any atom is -0.462 e. The van der Waals surface area contributed by atoms with Crippen LogP contribution in [-0.4, -0.2) is 30.0 Å². The average molecular weight is 460 g/mol. The molecule has 1 aromatic carbocycles. The number of hydrogen-bond acceptors (Lipinski definition) is 6.